The molecule has 0 heterocycles. The molecule has 4 nitrogen and oxygen atoms in total. The summed E-state index contributed by atoms with van der Waals surface area (Å²) in [6.07, 6.45) is 5.20. The van der Waals surface area contributed by atoms with Crippen LogP contribution in [0.15, 0.2) is 47.5 Å². The van der Waals surface area contributed by atoms with Crippen molar-refractivity contribution < 1.29 is 4.74 Å². The number of guanidine groups is 1. The lowest BCUT2D eigenvalue weighted by Gasteiger charge is -2.10. The molecule has 0 aliphatic carbocycles. The molecule has 0 radical (unpaired) electrons. The third-order valence-corrected chi connectivity index (χ3v) is 2.80. The molecule has 0 amide bonds. The lowest BCUT2D eigenvalue weighted by molar-refractivity contribution is 0.128. The summed E-state index contributed by atoms with van der Waals surface area (Å²) in [5, 5.41) is 6.52. The first-order chi connectivity index (χ1) is 10.4. The van der Waals surface area contributed by atoms with Gasteiger partial charge in [-0.25, -0.2) is 0 Å². The maximum absolute atomic E-state index is 5.62. The monoisotopic (exact) mass is 417 g/mol. The Morgan fingerprint density at radius 3 is 2.68 bits per heavy atom. The summed E-state index contributed by atoms with van der Waals surface area (Å²) < 4.78 is 5.62. The topological polar surface area (TPSA) is 45.7 Å². The zero-order valence-electron chi connectivity index (χ0n) is 13.5. The largest absolute Gasteiger partial charge is 0.375 e. The Hall–Kier alpha value is -1.08. The van der Waals surface area contributed by atoms with E-state index < -0.39 is 0 Å². The van der Waals surface area contributed by atoms with E-state index in [1.54, 1.807) is 0 Å². The lowest BCUT2D eigenvalue weighted by Crippen LogP contribution is -2.37. The van der Waals surface area contributed by atoms with Gasteiger partial charge in [0, 0.05) is 13.1 Å². The van der Waals surface area contributed by atoms with Crippen LogP contribution in [0.1, 0.15) is 25.8 Å². The molecule has 0 aliphatic heterocycles. The zero-order chi connectivity index (χ0) is 15.2. The number of benzene rings is 1. The molecule has 0 bridgehead atoms. The molecule has 0 saturated carbocycles. The molecule has 0 unspecified atom stereocenters. The van der Waals surface area contributed by atoms with E-state index in [1.165, 1.54) is 5.56 Å². The third kappa shape index (κ3) is 10.6. The Morgan fingerprint density at radius 2 is 2.00 bits per heavy atom. The molecule has 2 N–H and O–H groups in total. The number of hydrogen-bond donors (Lipinski definition) is 2. The second-order valence-corrected chi connectivity index (χ2v) is 4.58. The molecule has 0 fully saturated rings. The maximum Gasteiger partial charge on any atom is 0.191 e. The minimum Gasteiger partial charge on any atom is -0.375 e. The average molecular weight is 417 g/mol. The number of ether oxygens (including phenoxy) is 1. The minimum absolute atomic E-state index is 0. The van der Waals surface area contributed by atoms with Gasteiger partial charge in [-0.05, 0) is 25.8 Å². The number of rotatable bonds is 9. The van der Waals surface area contributed by atoms with Crippen molar-refractivity contribution in [2.45, 2.75) is 26.9 Å². The first kappa shape index (κ1) is 20.9. The van der Waals surface area contributed by atoms with Gasteiger partial charge in [-0.2, -0.15) is 0 Å². The number of halogens is 1. The van der Waals surface area contributed by atoms with E-state index in [9.17, 15) is 0 Å². The molecular formula is C17H28IN3O. The average Bonchev–Trinajstić information content (AvgIpc) is 2.52. The van der Waals surface area contributed by atoms with Gasteiger partial charge >= 0.3 is 0 Å². The summed E-state index contributed by atoms with van der Waals surface area (Å²) >= 11 is 0. The van der Waals surface area contributed by atoms with Crippen molar-refractivity contribution >= 4 is 29.9 Å². The fraction of sp³-hybridized carbons (Fsp3) is 0.471. The molecular weight excluding hydrogens is 389 g/mol. The Balaban J connectivity index is 0.00000441. The Bertz CT molecular complexity index is 421. The quantitative estimate of drug-likeness (QED) is 0.213. The van der Waals surface area contributed by atoms with Crippen LogP contribution in [0.5, 0.6) is 0 Å². The van der Waals surface area contributed by atoms with Crippen LogP contribution in [0, 0.1) is 0 Å². The van der Waals surface area contributed by atoms with Crippen molar-refractivity contribution in [3.8, 4) is 0 Å². The Labute approximate surface area is 151 Å². The third-order valence-electron chi connectivity index (χ3n) is 2.80. The van der Waals surface area contributed by atoms with Gasteiger partial charge in [0.1, 0.15) is 0 Å². The predicted molar refractivity (Wildman–Crippen MR) is 105 cm³/mol. The van der Waals surface area contributed by atoms with E-state index in [0.717, 1.165) is 25.5 Å². The number of nitrogens with zero attached hydrogens (tertiary/aromatic N) is 1. The van der Waals surface area contributed by atoms with Crippen LogP contribution >= 0.6 is 24.0 Å². The summed E-state index contributed by atoms with van der Waals surface area (Å²) in [6.45, 7) is 7.77. The second kappa shape index (κ2) is 14.8. The Morgan fingerprint density at radius 1 is 1.23 bits per heavy atom. The van der Waals surface area contributed by atoms with Crippen molar-refractivity contribution in [3.05, 3.63) is 48.0 Å². The highest BCUT2D eigenvalue weighted by Crippen LogP contribution is 1.99. The predicted octanol–water partition coefficient (Wildman–Crippen LogP) is 3.34. The van der Waals surface area contributed by atoms with Gasteiger partial charge in [0.15, 0.2) is 5.96 Å². The molecule has 0 saturated heterocycles. The molecule has 0 aromatic heterocycles. The fourth-order valence-electron chi connectivity index (χ4n) is 1.77. The van der Waals surface area contributed by atoms with Gasteiger partial charge in [-0.15, -0.1) is 24.0 Å². The molecule has 0 atom stereocenters. The highest BCUT2D eigenvalue weighted by atomic mass is 127. The highest BCUT2D eigenvalue weighted by molar-refractivity contribution is 14.0. The van der Waals surface area contributed by atoms with Crippen LogP contribution in [0.25, 0.3) is 0 Å². The summed E-state index contributed by atoms with van der Waals surface area (Å²) in [6, 6.07) is 10.2. The van der Waals surface area contributed by atoms with Crippen LogP contribution in [-0.2, 0) is 11.3 Å². The molecule has 124 valence electrons. The van der Waals surface area contributed by atoms with Gasteiger partial charge in [0.05, 0.1) is 19.8 Å². The summed E-state index contributed by atoms with van der Waals surface area (Å²) in [4.78, 5) is 4.49. The first-order valence-electron chi connectivity index (χ1n) is 7.61. The molecule has 1 rings (SSSR count). The van der Waals surface area contributed by atoms with Gasteiger partial charge in [0.25, 0.3) is 0 Å². The van der Waals surface area contributed by atoms with E-state index in [1.807, 2.05) is 25.1 Å². The smallest absolute Gasteiger partial charge is 0.191 e. The van der Waals surface area contributed by atoms with Gasteiger partial charge in [-0.1, -0.05) is 42.5 Å². The Kier molecular flexibility index (Phi) is 14.1. The number of allylic oxidation sites excluding steroid dienone is 1. The standard InChI is InChI=1S/C17H27N3O.HI/c1-3-5-9-12-19-17(18-4-2)20-13-14-21-15-16-10-7-6-8-11-16;/h3,5-8,10-11H,4,9,12-15H2,1-2H3,(H2,18,19,20);1H/b5-3+;. The summed E-state index contributed by atoms with van der Waals surface area (Å²) in [5.41, 5.74) is 1.19. The van der Waals surface area contributed by atoms with Gasteiger partial charge < -0.3 is 15.4 Å². The van der Waals surface area contributed by atoms with Crippen LogP contribution in [-0.4, -0.2) is 32.2 Å². The summed E-state index contributed by atoms with van der Waals surface area (Å²) in [5.74, 6) is 0.852. The fourth-order valence-corrected chi connectivity index (χ4v) is 1.77. The van der Waals surface area contributed by atoms with E-state index in [-0.39, 0.29) is 24.0 Å². The number of nitrogens with one attached hydrogen (secondary N) is 2. The minimum atomic E-state index is 0. The second-order valence-electron chi connectivity index (χ2n) is 4.58. The number of aliphatic imine (C=N–C) groups is 1. The van der Waals surface area contributed by atoms with Crippen LogP contribution < -0.4 is 10.6 Å². The summed E-state index contributed by atoms with van der Waals surface area (Å²) in [7, 11) is 0. The molecule has 22 heavy (non-hydrogen) atoms. The maximum atomic E-state index is 5.62. The molecule has 1 aromatic carbocycles. The van der Waals surface area contributed by atoms with Gasteiger partial charge in [-0.3, -0.25) is 4.99 Å². The van der Waals surface area contributed by atoms with Crippen molar-refractivity contribution in [1.82, 2.24) is 10.6 Å². The first-order valence-corrected chi connectivity index (χ1v) is 7.61. The van der Waals surface area contributed by atoms with Crippen molar-refractivity contribution in [2.75, 3.05) is 26.2 Å². The molecule has 5 heteroatoms. The zero-order valence-corrected chi connectivity index (χ0v) is 15.9. The van der Waals surface area contributed by atoms with E-state index in [2.05, 4.69) is 46.8 Å². The van der Waals surface area contributed by atoms with Crippen LogP contribution in [0.2, 0.25) is 0 Å². The van der Waals surface area contributed by atoms with Crippen molar-refractivity contribution in [3.63, 3.8) is 0 Å². The van der Waals surface area contributed by atoms with Crippen molar-refractivity contribution in [2.24, 2.45) is 4.99 Å². The van der Waals surface area contributed by atoms with E-state index in [0.29, 0.717) is 19.8 Å². The molecule has 0 aliphatic rings. The van der Waals surface area contributed by atoms with E-state index in [4.69, 9.17) is 4.74 Å². The molecule has 0 spiro atoms. The van der Waals surface area contributed by atoms with Gasteiger partial charge in [0.2, 0.25) is 0 Å². The van der Waals surface area contributed by atoms with Crippen LogP contribution in [0.4, 0.5) is 0 Å². The highest BCUT2D eigenvalue weighted by Gasteiger charge is 1.95. The van der Waals surface area contributed by atoms with Crippen molar-refractivity contribution in [1.29, 1.82) is 0 Å². The SMILES string of the molecule is C/C=C/CCNC(=NCCOCc1ccccc1)NCC.I. The molecule has 1 aromatic rings. The van der Waals surface area contributed by atoms with Crippen LogP contribution in [0.3, 0.4) is 0 Å². The van der Waals surface area contributed by atoms with E-state index >= 15 is 0 Å². The number of hydrogen-bond acceptors (Lipinski definition) is 2. The lowest BCUT2D eigenvalue weighted by atomic mass is 10.2. The normalized spacial score (nSPS) is 11.3.